The van der Waals surface area contributed by atoms with E-state index < -0.39 is 23.8 Å². The van der Waals surface area contributed by atoms with E-state index in [2.05, 4.69) is 5.43 Å². The maximum Gasteiger partial charge on any atom is 0.328 e. The number of carboxylic acids is 1. The minimum atomic E-state index is -1.24. The number of hydrogen-bond donors (Lipinski definition) is 3. The second kappa shape index (κ2) is 11.8. The van der Waals surface area contributed by atoms with Crippen LogP contribution < -0.4 is 11.2 Å². The number of fused-ring (bicyclic) bond motifs is 1. The minimum absolute atomic E-state index is 0.0782. The molecule has 0 bridgehead atoms. The Kier molecular flexibility index (Phi) is 8.78. The Morgan fingerprint density at radius 2 is 1.89 bits per heavy atom. The Balaban J connectivity index is 1.89. The average molecular weight is 484 g/mol. The van der Waals surface area contributed by atoms with E-state index in [0.717, 1.165) is 34.2 Å². The topological polar surface area (TPSA) is 136 Å². The molecule has 4 N–H and O–H groups in total. The van der Waals surface area contributed by atoms with Gasteiger partial charge in [-0.05, 0) is 36.1 Å². The molecule has 1 aliphatic rings. The van der Waals surface area contributed by atoms with Crippen LogP contribution in [0.25, 0.3) is 10.8 Å². The molecule has 0 unspecified atom stereocenters. The van der Waals surface area contributed by atoms with Gasteiger partial charge in [-0.2, -0.15) is 0 Å². The molecule has 0 saturated carbocycles. The SMILES string of the molecule is CC(=O)NN(C(=O)CN(Cc1cccc2ccccc12)C[C@@H]1CCCN1C(=O)CN)[C@@H](C)C(=O)O. The molecule has 0 radical (unpaired) electrons. The van der Waals surface area contributed by atoms with Gasteiger partial charge in [0, 0.05) is 32.6 Å². The van der Waals surface area contributed by atoms with Crippen molar-refractivity contribution in [3.8, 4) is 0 Å². The van der Waals surface area contributed by atoms with E-state index in [1.165, 1.54) is 13.8 Å². The van der Waals surface area contributed by atoms with Crippen LogP contribution in [0.1, 0.15) is 32.3 Å². The Labute approximate surface area is 204 Å². The number of carbonyl (C=O) groups excluding carboxylic acids is 3. The monoisotopic (exact) mass is 483 g/mol. The van der Waals surface area contributed by atoms with Crippen molar-refractivity contribution >= 4 is 34.5 Å². The van der Waals surface area contributed by atoms with E-state index in [9.17, 15) is 24.3 Å². The summed E-state index contributed by atoms with van der Waals surface area (Å²) >= 11 is 0. The van der Waals surface area contributed by atoms with E-state index in [4.69, 9.17) is 5.73 Å². The van der Waals surface area contributed by atoms with Crippen LogP contribution in [-0.2, 0) is 25.7 Å². The summed E-state index contributed by atoms with van der Waals surface area (Å²) < 4.78 is 0. The summed E-state index contributed by atoms with van der Waals surface area (Å²) in [6, 6.07) is 12.5. The minimum Gasteiger partial charge on any atom is -0.480 e. The van der Waals surface area contributed by atoms with Crippen molar-refractivity contribution in [2.24, 2.45) is 5.73 Å². The van der Waals surface area contributed by atoms with E-state index in [1.54, 1.807) is 4.90 Å². The van der Waals surface area contributed by atoms with Gasteiger partial charge >= 0.3 is 5.97 Å². The van der Waals surface area contributed by atoms with Crippen LogP contribution in [0.2, 0.25) is 0 Å². The van der Waals surface area contributed by atoms with Gasteiger partial charge in [0.05, 0.1) is 13.1 Å². The number of carboxylic acid groups (broad SMARTS) is 1. The highest BCUT2D eigenvalue weighted by Gasteiger charge is 2.32. The molecule has 1 fully saturated rings. The Morgan fingerprint density at radius 3 is 2.57 bits per heavy atom. The molecule has 0 spiro atoms. The van der Waals surface area contributed by atoms with Gasteiger partial charge in [0.2, 0.25) is 11.8 Å². The molecule has 0 aromatic heterocycles. The molecule has 3 amide bonds. The largest absolute Gasteiger partial charge is 0.480 e. The summed E-state index contributed by atoms with van der Waals surface area (Å²) in [6.45, 7) is 3.78. The smallest absolute Gasteiger partial charge is 0.328 e. The lowest BCUT2D eigenvalue weighted by atomic mass is 10.0. The number of carbonyl (C=O) groups is 4. The van der Waals surface area contributed by atoms with Crippen LogP contribution in [0.4, 0.5) is 0 Å². The molecule has 2 atom stereocenters. The van der Waals surface area contributed by atoms with Gasteiger partial charge in [-0.3, -0.25) is 24.7 Å². The predicted molar refractivity (Wildman–Crippen MR) is 131 cm³/mol. The molecule has 1 heterocycles. The highest BCUT2D eigenvalue weighted by Crippen LogP contribution is 2.23. The van der Waals surface area contributed by atoms with Crippen molar-refractivity contribution < 1.29 is 24.3 Å². The van der Waals surface area contributed by atoms with Crippen LogP contribution in [0.5, 0.6) is 0 Å². The number of rotatable bonds is 9. The second-order valence-electron chi connectivity index (χ2n) is 8.84. The first kappa shape index (κ1) is 26.1. The number of amides is 3. The fraction of sp³-hybridized carbons (Fsp3) is 0.440. The quantitative estimate of drug-likeness (QED) is 0.452. The predicted octanol–water partition coefficient (Wildman–Crippen LogP) is 0.944. The Bertz CT molecular complexity index is 1090. The van der Waals surface area contributed by atoms with Crippen molar-refractivity contribution in [1.82, 2.24) is 20.2 Å². The summed E-state index contributed by atoms with van der Waals surface area (Å²) in [6.07, 6.45) is 1.63. The van der Waals surface area contributed by atoms with Gasteiger partial charge in [-0.1, -0.05) is 42.5 Å². The van der Waals surface area contributed by atoms with Crippen molar-refractivity contribution in [2.45, 2.75) is 45.3 Å². The molecule has 3 rings (SSSR count). The third-order valence-electron chi connectivity index (χ3n) is 6.27. The summed E-state index contributed by atoms with van der Waals surface area (Å²) in [5, 5.41) is 12.4. The van der Waals surface area contributed by atoms with E-state index >= 15 is 0 Å². The van der Waals surface area contributed by atoms with Gasteiger partial charge < -0.3 is 15.7 Å². The summed E-state index contributed by atoms with van der Waals surface area (Å²) in [4.78, 5) is 52.5. The van der Waals surface area contributed by atoms with E-state index in [0.29, 0.717) is 19.6 Å². The molecule has 0 aliphatic carbocycles. The number of aliphatic carboxylic acids is 1. The molecule has 1 saturated heterocycles. The Morgan fingerprint density at radius 1 is 1.17 bits per heavy atom. The van der Waals surface area contributed by atoms with E-state index in [1.807, 2.05) is 47.4 Å². The van der Waals surface area contributed by atoms with Crippen molar-refractivity contribution in [2.75, 3.05) is 26.2 Å². The van der Waals surface area contributed by atoms with Crippen LogP contribution in [-0.4, -0.2) is 81.9 Å². The van der Waals surface area contributed by atoms with Crippen molar-refractivity contribution in [3.63, 3.8) is 0 Å². The number of hydrogen-bond acceptors (Lipinski definition) is 6. The van der Waals surface area contributed by atoms with Crippen molar-refractivity contribution in [1.29, 1.82) is 0 Å². The van der Waals surface area contributed by atoms with Crippen LogP contribution in [0.3, 0.4) is 0 Å². The number of nitrogens with zero attached hydrogens (tertiary/aromatic N) is 3. The van der Waals surface area contributed by atoms with Gasteiger partial charge in [-0.25, -0.2) is 9.80 Å². The molecule has 2 aromatic rings. The lowest BCUT2D eigenvalue weighted by Gasteiger charge is -2.33. The molecule has 188 valence electrons. The maximum absolute atomic E-state index is 13.2. The molecule has 2 aromatic carbocycles. The highest BCUT2D eigenvalue weighted by molar-refractivity contribution is 5.88. The molecule has 35 heavy (non-hydrogen) atoms. The van der Waals surface area contributed by atoms with Crippen LogP contribution in [0, 0.1) is 0 Å². The molecular formula is C25H33N5O5. The number of hydrazine groups is 1. The summed E-state index contributed by atoms with van der Waals surface area (Å²) in [5.74, 6) is -2.46. The average Bonchev–Trinajstić information content (AvgIpc) is 3.29. The van der Waals surface area contributed by atoms with Crippen molar-refractivity contribution in [3.05, 3.63) is 48.0 Å². The normalized spacial score (nSPS) is 16.3. The standard InChI is InChI=1S/C25H33N5O5/c1-17(25(34)35)30(27-18(2)31)24(33)16-28(15-21-10-6-12-29(21)23(32)13-26)14-20-9-5-8-19-7-3-4-11-22(19)20/h3-5,7-9,11,17,21H,6,10,12-16,26H2,1-2H3,(H,27,31)(H,34,35)/t17-,21-/m0/s1. The molecular weight excluding hydrogens is 450 g/mol. The third kappa shape index (κ3) is 6.55. The number of likely N-dealkylation sites (tertiary alicyclic amines) is 1. The maximum atomic E-state index is 13.2. The van der Waals surface area contributed by atoms with Crippen LogP contribution >= 0.6 is 0 Å². The van der Waals surface area contributed by atoms with Gasteiger partial charge in [0.15, 0.2) is 0 Å². The van der Waals surface area contributed by atoms with Crippen LogP contribution in [0.15, 0.2) is 42.5 Å². The second-order valence-corrected chi connectivity index (χ2v) is 8.84. The third-order valence-corrected chi connectivity index (χ3v) is 6.27. The summed E-state index contributed by atoms with van der Waals surface area (Å²) in [7, 11) is 0. The fourth-order valence-electron chi connectivity index (χ4n) is 4.55. The fourth-order valence-corrected chi connectivity index (χ4v) is 4.55. The van der Waals surface area contributed by atoms with Gasteiger partial charge in [-0.15, -0.1) is 0 Å². The lowest BCUT2D eigenvalue weighted by molar-refractivity contribution is -0.155. The summed E-state index contributed by atoms with van der Waals surface area (Å²) in [5.41, 5.74) is 8.95. The highest BCUT2D eigenvalue weighted by atomic mass is 16.4. The zero-order chi connectivity index (χ0) is 25.5. The first-order chi connectivity index (χ1) is 16.7. The first-order valence-electron chi connectivity index (χ1n) is 11.7. The Hall–Kier alpha value is -3.50. The lowest BCUT2D eigenvalue weighted by Crippen LogP contribution is -2.56. The molecule has 1 aliphatic heterocycles. The van der Waals surface area contributed by atoms with Gasteiger partial charge in [0.25, 0.3) is 5.91 Å². The number of nitrogens with two attached hydrogens (primary N) is 1. The number of benzene rings is 2. The van der Waals surface area contributed by atoms with Gasteiger partial charge in [0.1, 0.15) is 6.04 Å². The van der Waals surface area contributed by atoms with E-state index in [-0.39, 0.29) is 25.0 Å². The number of nitrogens with one attached hydrogen (secondary N) is 1. The zero-order valence-corrected chi connectivity index (χ0v) is 20.1. The zero-order valence-electron chi connectivity index (χ0n) is 20.1. The molecule has 10 heteroatoms. The molecule has 10 nitrogen and oxygen atoms in total. The first-order valence-corrected chi connectivity index (χ1v) is 11.7.